The van der Waals surface area contributed by atoms with E-state index in [0.717, 1.165) is 79.6 Å². The largest absolute Gasteiger partial charge is 0.492 e. The minimum Gasteiger partial charge on any atom is -0.492 e. The molecule has 12 heteroatoms. The second-order valence-corrected chi connectivity index (χ2v) is 11.3. The van der Waals surface area contributed by atoms with Crippen LogP contribution >= 0.6 is 0 Å². The van der Waals surface area contributed by atoms with Crippen molar-refractivity contribution in [3.63, 3.8) is 0 Å². The average Bonchev–Trinajstić information content (AvgIpc) is 3.37. The van der Waals surface area contributed by atoms with Crippen LogP contribution in [0.25, 0.3) is 11.0 Å². The molecule has 44 heavy (non-hydrogen) atoms. The van der Waals surface area contributed by atoms with Crippen molar-refractivity contribution in [2.75, 3.05) is 43.4 Å². The van der Waals surface area contributed by atoms with E-state index >= 15 is 0 Å². The summed E-state index contributed by atoms with van der Waals surface area (Å²) in [4.78, 5) is 23.9. The first-order valence-electron chi connectivity index (χ1n) is 15.1. The molecule has 1 atom stereocenters. The van der Waals surface area contributed by atoms with Crippen LogP contribution in [0.15, 0.2) is 48.9 Å². The summed E-state index contributed by atoms with van der Waals surface area (Å²) in [5.74, 6) is 0.0753. The van der Waals surface area contributed by atoms with Gasteiger partial charge >= 0.3 is 0 Å². The Hall–Kier alpha value is -4.32. The van der Waals surface area contributed by atoms with E-state index in [9.17, 15) is 18.8 Å². The number of pyridine rings is 1. The van der Waals surface area contributed by atoms with E-state index in [1.807, 2.05) is 23.9 Å². The molecule has 10 nitrogen and oxygen atoms in total. The van der Waals surface area contributed by atoms with Crippen molar-refractivity contribution in [3.8, 4) is 5.75 Å². The Morgan fingerprint density at radius 2 is 2.00 bits per heavy atom. The third kappa shape index (κ3) is 7.98. The molecule has 0 fully saturated rings. The number of hydrogen-bond donors (Lipinski definition) is 3. The van der Waals surface area contributed by atoms with Crippen molar-refractivity contribution in [1.29, 1.82) is 0 Å². The van der Waals surface area contributed by atoms with Crippen LogP contribution in [-0.4, -0.2) is 69.3 Å². The highest BCUT2D eigenvalue weighted by molar-refractivity contribution is 5.89. The van der Waals surface area contributed by atoms with Crippen molar-refractivity contribution in [2.45, 2.75) is 51.5 Å². The fourth-order valence-electron chi connectivity index (χ4n) is 5.54. The van der Waals surface area contributed by atoms with Gasteiger partial charge in [-0.05, 0) is 63.3 Å². The number of ether oxygens (including phenoxy) is 1. The molecule has 234 valence electrons. The van der Waals surface area contributed by atoms with Gasteiger partial charge in [-0.3, -0.25) is 15.0 Å². The molecule has 3 aromatic heterocycles. The summed E-state index contributed by atoms with van der Waals surface area (Å²) < 4.78 is 35.7. The monoisotopic (exact) mass is 608 g/mol. The average molecular weight is 609 g/mol. The molecule has 0 aliphatic carbocycles. The minimum absolute atomic E-state index is 0.0653. The second-order valence-electron chi connectivity index (χ2n) is 11.3. The number of rotatable bonds is 15. The molecule has 1 aromatic carbocycles. The van der Waals surface area contributed by atoms with Crippen molar-refractivity contribution < 1.29 is 28.2 Å². The van der Waals surface area contributed by atoms with Gasteiger partial charge < -0.3 is 19.8 Å². The van der Waals surface area contributed by atoms with Gasteiger partial charge in [-0.15, -0.1) is 0 Å². The van der Waals surface area contributed by atoms with Gasteiger partial charge in [-0.2, -0.15) is 0 Å². The predicted octanol–water partition coefficient (Wildman–Crippen LogP) is 4.29. The molecule has 0 amide bonds. The molecule has 4 heterocycles. The lowest BCUT2D eigenvalue weighted by atomic mass is 10.1. The molecule has 4 aromatic rings. The molecule has 0 unspecified atom stereocenters. The van der Waals surface area contributed by atoms with E-state index < -0.39 is 17.7 Å². The van der Waals surface area contributed by atoms with Gasteiger partial charge in [0.1, 0.15) is 41.2 Å². The summed E-state index contributed by atoms with van der Waals surface area (Å²) in [6.07, 6.45) is 8.47. The van der Waals surface area contributed by atoms with Crippen LogP contribution in [-0.2, 0) is 24.7 Å². The van der Waals surface area contributed by atoms with Crippen LogP contribution < -0.4 is 20.1 Å². The first kappa shape index (κ1) is 31.1. The molecular formula is C32H40F2N7O3+. The molecule has 0 saturated carbocycles. The Balaban J connectivity index is 1.21. The number of Topliss-reactive ketones (excluding diaryl/α,β-unsaturated/α-hetero) is 1. The number of nitrogens with zero attached hydrogens (tertiary/aromatic N) is 5. The zero-order chi connectivity index (χ0) is 31.1. The number of aromatic nitrogens is 4. The summed E-state index contributed by atoms with van der Waals surface area (Å²) in [6.45, 7) is 4.51. The van der Waals surface area contributed by atoms with Crippen LogP contribution in [0.5, 0.6) is 5.75 Å². The normalized spacial score (nSPS) is 13.5. The fourth-order valence-corrected chi connectivity index (χ4v) is 5.54. The maximum absolute atomic E-state index is 13.6. The first-order valence-corrected chi connectivity index (χ1v) is 15.1. The summed E-state index contributed by atoms with van der Waals surface area (Å²) >= 11 is 0. The Morgan fingerprint density at radius 3 is 2.80 bits per heavy atom. The molecule has 0 spiro atoms. The fraction of sp³-hybridized carbons (Fsp3) is 0.438. The van der Waals surface area contributed by atoms with Gasteiger partial charge in [0.05, 0.1) is 0 Å². The number of carbonyl (C=O) groups is 1. The number of hydrogen-bond acceptors (Lipinski definition) is 8. The van der Waals surface area contributed by atoms with E-state index in [4.69, 9.17) is 9.72 Å². The molecule has 0 radical (unpaired) electrons. The molecular weight excluding hydrogens is 568 g/mol. The van der Waals surface area contributed by atoms with Gasteiger partial charge in [0.15, 0.2) is 5.78 Å². The van der Waals surface area contributed by atoms with Gasteiger partial charge in [0.2, 0.25) is 5.65 Å². The van der Waals surface area contributed by atoms with E-state index in [-0.39, 0.29) is 18.1 Å². The maximum atomic E-state index is 13.6. The standard InChI is InChI=1S/C32H39F2N7O3/c1-22(42)29(38-32-28-10-14-39(2)31(28)36-21-41(32)43)11-15-40(16-17-44-27-19-24(33)18-25(34)20-27)13-4-3-7-26-9-8-23-6-5-12-35-30(23)37-26/h8-10,14,18-21,29,43H,3-7,11-13,15-17H2,1-2H3,(H,35,37)/p+1/t29-/m0/s1. The summed E-state index contributed by atoms with van der Waals surface area (Å²) in [5, 5.41) is 17.8. The zero-order valence-corrected chi connectivity index (χ0v) is 25.2. The number of anilines is 2. The number of nitrogens with one attached hydrogen (secondary N) is 2. The second kappa shape index (κ2) is 14.4. The van der Waals surface area contributed by atoms with Crippen LogP contribution in [0.3, 0.4) is 0 Å². The van der Waals surface area contributed by atoms with Crippen LogP contribution in [0, 0.1) is 11.6 Å². The minimum atomic E-state index is -0.692. The highest BCUT2D eigenvalue weighted by atomic mass is 19.1. The molecule has 5 rings (SSSR count). The molecule has 1 aliphatic heterocycles. The Kier molecular flexibility index (Phi) is 10.2. The number of unbranched alkanes of at least 4 members (excludes halogenated alkanes) is 1. The Labute approximate surface area is 255 Å². The third-order valence-corrected chi connectivity index (χ3v) is 7.97. The SMILES string of the molecule is CC(=O)[C@H](CCN(CCCCc1ccc2c(n1)NCCC2)CCOc1cc(F)cc(F)c1)Nc1c2ccn(C)c2nc[n+]1O. The molecule has 3 N–H and O–H groups in total. The van der Waals surface area contributed by atoms with Crippen LogP contribution in [0.2, 0.25) is 0 Å². The first-order chi connectivity index (χ1) is 21.3. The molecule has 0 saturated heterocycles. The third-order valence-electron chi connectivity index (χ3n) is 7.97. The highest BCUT2D eigenvalue weighted by Crippen LogP contribution is 2.22. The molecule has 1 aliphatic rings. The summed E-state index contributed by atoms with van der Waals surface area (Å²) in [5.41, 5.74) is 3.00. The van der Waals surface area contributed by atoms with Gasteiger partial charge in [-0.25, -0.2) is 13.8 Å². The van der Waals surface area contributed by atoms with Gasteiger partial charge in [0, 0.05) is 63.2 Å². The summed E-state index contributed by atoms with van der Waals surface area (Å²) in [7, 11) is 1.86. The number of ketones is 1. The number of carbonyl (C=O) groups excluding carboxylic acids is 1. The smallest absolute Gasteiger partial charge is 0.273 e. The number of fused-ring (bicyclic) bond motifs is 2. The van der Waals surface area contributed by atoms with E-state index in [0.29, 0.717) is 36.4 Å². The predicted molar refractivity (Wildman–Crippen MR) is 163 cm³/mol. The van der Waals surface area contributed by atoms with Crippen molar-refractivity contribution in [3.05, 3.63) is 71.8 Å². The van der Waals surface area contributed by atoms with Crippen LogP contribution in [0.1, 0.15) is 43.9 Å². The lowest BCUT2D eigenvalue weighted by molar-refractivity contribution is -0.894. The number of halogens is 2. The lowest BCUT2D eigenvalue weighted by Gasteiger charge is -2.24. The van der Waals surface area contributed by atoms with Gasteiger partial charge in [0.25, 0.3) is 12.1 Å². The van der Waals surface area contributed by atoms with Crippen molar-refractivity contribution >= 4 is 28.5 Å². The Morgan fingerprint density at radius 1 is 1.18 bits per heavy atom. The zero-order valence-electron chi connectivity index (χ0n) is 25.2. The number of aryl methyl sites for hydroxylation is 3. The van der Waals surface area contributed by atoms with E-state index in [1.54, 1.807) is 0 Å². The summed E-state index contributed by atoms with van der Waals surface area (Å²) in [6, 6.07) is 8.67. The van der Waals surface area contributed by atoms with Crippen LogP contribution in [0.4, 0.5) is 20.4 Å². The topological polar surface area (TPSA) is 108 Å². The van der Waals surface area contributed by atoms with Crippen molar-refractivity contribution in [2.24, 2.45) is 7.05 Å². The van der Waals surface area contributed by atoms with E-state index in [1.165, 1.54) is 18.8 Å². The van der Waals surface area contributed by atoms with Gasteiger partial charge in [-0.1, -0.05) is 15.8 Å². The maximum Gasteiger partial charge on any atom is 0.273 e. The van der Waals surface area contributed by atoms with E-state index in [2.05, 4.69) is 32.7 Å². The van der Waals surface area contributed by atoms with Crippen molar-refractivity contribution in [1.82, 2.24) is 19.4 Å². The Bertz CT molecular complexity index is 1580. The number of benzene rings is 1. The quantitative estimate of drug-likeness (QED) is 0.104. The highest BCUT2D eigenvalue weighted by Gasteiger charge is 2.25. The lowest BCUT2D eigenvalue weighted by Crippen LogP contribution is -2.41. The molecule has 0 bridgehead atoms.